The fraction of sp³-hybridized carbons (Fsp3) is 0.231. The van der Waals surface area contributed by atoms with Crippen molar-refractivity contribution in [3.8, 4) is 0 Å². The third-order valence-electron chi connectivity index (χ3n) is 2.84. The maximum Gasteiger partial charge on any atom is 0.346 e. The molecule has 0 unspecified atom stereocenters. The van der Waals surface area contributed by atoms with E-state index in [1.807, 2.05) is 0 Å². The van der Waals surface area contributed by atoms with E-state index in [4.69, 9.17) is 11.6 Å². The van der Waals surface area contributed by atoms with Crippen molar-refractivity contribution in [1.29, 1.82) is 0 Å². The van der Waals surface area contributed by atoms with Crippen LogP contribution in [0.2, 0.25) is 5.02 Å². The highest BCUT2D eigenvalue weighted by molar-refractivity contribution is 7.92. The molecule has 0 saturated heterocycles. The van der Waals surface area contributed by atoms with E-state index in [-0.39, 0.29) is 15.7 Å². The molecule has 0 atom stereocenters. The molecule has 0 radical (unpaired) electrons. The summed E-state index contributed by atoms with van der Waals surface area (Å²) >= 11 is 5.93. The van der Waals surface area contributed by atoms with Crippen molar-refractivity contribution in [3.63, 3.8) is 0 Å². The molecular formula is C13H14ClN3O3S. The van der Waals surface area contributed by atoms with Crippen molar-refractivity contribution in [2.75, 3.05) is 5.32 Å². The Morgan fingerprint density at radius 1 is 1.29 bits per heavy atom. The summed E-state index contributed by atoms with van der Waals surface area (Å²) < 4.78 is 24.7. The topological polar surface area (TPSA) is 91.9 Å². The zero-order valence-corrected chi connectivity index (χ0v) is 13.0. The predicted octanol–water partition coefficient (Wildman–Crippen LogP) is 2.35. The number of hydrogen-bond donors (Lipinski definition) is 2. The molecule has 1 heterocycles. The molecule has 0 fully saturated rings. The Hall–Kier alpha value is -1.86. The number of rotatable bonds is 4. The molecule has 8 heteroatoms. The van der Waals surface area contributed by atoms with E-state index in [1.165, 1.54) is 12.3 Å². The van der Waals surface area contributed by atoms with Gasteiger partial charge in [0.25, 0.3) is 0 Å². The van der Waals surface area contributed by atoms with E-state index < -0.39 is 20.8 Å². The van der Waals surface area contributed by atoms with Crippen LogP contribution >= 0.6 is 11.6 Å². The zero-order chi connectivity index (χ0) is 15.6. The van der Waals surface area contributed by atoms with Gasteiger partial charge in [-0.2, -0.15) is 0 Å². The quantitative estimate of drug-likeness (QED) is 0.899. The van der Waals surface area contributed by atoms with Crippen LogP contribution in [-0.2, 0) is 9.84 Å². The third kappa shape index (κ3) is 3.25. The van der Waals surface area contributed by atoms with Gasteiger partial charge in [0.2, 0.25) is 0 Å². The first kappa shape index (κ1) is 15.5. The fourth-order valence-corrected chi connectivity index (χ4v) is 3.02. The van der Waals surface area contributed by atoms with Crippen LogP contribution in [0.5, 0.6) is 0 Å². The van der Waals surface area contributed by atoms with Gasteiger partial charge in [0.1, 0.15) is 5.82 Å². The van der Waals surface area contributed by atoms with Crippen LogP contribution < -0.4 is 11.0 Å². The van der Waals surface area contributed by atoms with E-state index in [1.54, 1.807) is 32.0 Å². The molecule has 1 aromatic carbocycles. The smallest absolute Gasteiger partial charge is 0.339 e. The number of anilines is 2. The highest BCUT2D eigenvalue weighted by Gasteiger charge is 2.22. The molecular weight excluding hydrogens is 314 g/mol. The first-order valence-electron chi connectivity index (χ1n) is 6.17. The van der Waals surface area contributed by atoms with Crippen LogP contribution in [0.4, 0.5) is 11.5 Å². The number of aromatic nitrogens is 2. The van der Waals surface area contributed by atoms with Gasteiger partial charge in [-0.25, -0.2) is 18.2 Å². The van der Waals surface area contributed by atoms with E-state index in [9.17, 15) is 13.2 Å². The molecule has 0 aliphatic carbocycles. The van der Waals surface area contributed by atoms with Crippen molar-refractivity contribution < 1.29 is 8.42 Å². The first-order valence-corrected chi connectivity index (χ1v) is 8.09. The van der Waals surface area contributed by atoms with Gasteiger partial charge < -0.3 is 5.32 Å². The molecule has 112 valence electrons. The average Bonchev–Trinajstić information content (AvgIpc) is 2.43. The minimum absolute atomic E-state index is 0.147. The lowest BCUT2D eigenvalue weighted by Crippen LogP contribution is -2.16. The molecule has 0 spiro atoms. The molecule has 0 bridgehead atoms. The number of nitrogens with zero attached hydrogens (tertiary/aromatic N) is 1. The van der Waals surface area contributed by atoms with Gasteiger partial charge in [-0.3, -0.25) is 4.98 Å². The Balaban J connectivity index is 2.52. The van der Waals surface area contributed by atoms with Crippen LogP contribution in [0, 0.1) is 0 Å². The Morgan fingerprint density at radius 3 is 2.62 bits per heavy atom. The van der Waals surface area contributed by atoms with Crippen molar-refractivity contribution in [3.05, 3.63) is 46.0 Å². The van der Waals surface area contributed by atoms with Crippen molar-refractivity contribution >= 4 is 32.9 Å². The molecule has 0 aliphatic rings. The SMILES string of the molecule is CC(C)S(=O)(=O)c1ccccc1Nc1[nH]c(=O)ncc1Cl. The van der Waals surface area contributed by atoms with Crippen LogP contribution in [-0.4, -0.2) is 23.6 Å². The minimum atomic E-state index is -3.46. The highest BCUT2D eigenvalue weighted by Crippen LogP contribution is 2.28. The number of para-hydroxylation sites is 1. The van der Waals surface area contributed by atoms with Crippen molar-refractivity contribution in [1.82, 2.24) is 9.97 Å². The van der Waals surface area contributed by atoms with Crippen LogP contribution in [0.25, 0.3) is 0 Å². The van der Waals surface area contributed by atoms with Crippen LogP contribution in [0.3, 0.4) is 0 Å². The second kappa shape index (κ2) is 5.87. The molecule has 0 amide bonds. The molecule has 0 aliphatic heterocycles. The number of hydrogen-bond acceptors (Lipinski definition) is 5. The Kier molecular flexibility index (Phi) is 4.34. The first-order chi connectivity index (χ1) is 9.82. The monoisotopic (exact) mass is 327 g/mol. The fourth-order valence-electron chi connectivity index (χ4n) is 1.68. The van der Waals surface area contributed by atoms with Crippen molar-refractivity contribution in [2.24, 2.45) is 0 Å². The van der Waals surface area contributed by atoms with Gasteiger partial charge in [0.15, 0.2) is 9.84 Å². The van der Waals surface area contributed by atoms with Gasteiger partial charge in [-0.1, -0.05) is 23.7 Å². The predicted molar refractivity (Wildman–Crippen MR) is 81.9 cm³/mol. The molecule has 6 nitrogen and oxygen atoms in total. The van der Waals surface area contributed by atoms with Crippen molar-refractivity contribution in [2.45, 2.75) is 24.0 Å². The lowest BCUT2D eigenvalue weighted by Gasteiger charge is -2.14. The second-order valence-electron chi connectivity index (χ2n) is 4.63. The van der Waals surface area contributed by atoms with E-state index in [2.05, 4.69) is 15.3 Å². The summed E-state index contributed by atoms with van der Waals surface area (Å²) in [6.07, 6.45) is 1.20. The summed E-state index contributed by atoms with van der Waals surface area (Å²) in [6, 6.07) is 6.43. The number of benzene rings is 1. The lowest BCUT2D eigenvalue weighted by atomic mass is 10.3. The summed E-state index contributed by atoms with van der Waals surface area (Å²) in [5.74, 6) is 0.197. The number of sulfone groups is 1. The normalized spacial score (nSPS) is 11.6. The van der Waals surface area contributed by atoms with Gasteiger partial charge in [0, 0.05) is 0 Å². The number of halogens is 1. The Morgan fingerprint density at radius 2 is 1.95 bits per heavy atom. The molecule has 21 heavy (non-hydrogen) atoms. The van der Waals surface area contributed by atoms with Crippen LogP contribution in [0.1, 0.15) is 13.8 Å². The second-order valence-corrected chi connectivity index (χ2v) is 7.51. The van der Waals surface area contributed by atoms with Gasteiger partial charge in [0.05, 0.1) is 27.1 Å². The summed E-state index contributed by atoms with van der Waals surface area (Å²) in [6.45, 7) is 3.21. The molecule has 2 N–H and O–H groups in total. The number of H-pyrrole nitrogens is 1. The summed E-state index contributed by atoms with van der Waals surface area (Å²) in [4.78, 5) is 17.3. The molecule has 0 saturated carbocycles. The van der Waals surface area contributed by atoms with Gasteiger partial charge >= 0.3 is 5.69 Å². The highest BCUT2D eigenvalue weighted by atomic mass is 35.5. The number of aromatic amines is 1. The van der Waals surface area contributed by atoms with Gasteiger partial charge in [-0.05, 0) is 26.0 Å². The Bertz CT molecular complexity index is 815. The van der Waals surface area contributed by atoms with E-state index >= 15 is 0 Å². The van der Waals surface area contributed by atoms with Crippen LogP contribution in [0.15, 0.2) is 40.2 Å². The average molecular weight is 328 g/mol. The maximum atomic E-state index is 12.3. The van der Waals surface area contributed by atoms with E-state index in [0.717, 1.165) is 0 Å². The summed E-state index contributed by atoms with van der Waals surface area (Å²) in [5, 5.41) is 2.46. The third-order valence-corrected chi connectivity index (χ3v) is 5.34. The minimum Gasteiger partial charge on any atom is -0.339 e. The maximum absolute atomic E-state index is 12.3. The molecule has 2 rings (SSSR count). The standard InChI is InChI=1S/C13H14ClN3O3S/c1-8(2)21(19,20)11-6-4-3-5-10(11)16-12-9(14)7-15-13(18)17-12/h3-8H,1-2H3,(H2,15,16,17,18). The molecule has 2 aromatic rings. The summed E-state index contributed by atoms with van der Waals surface area (Å²) in [5.41, 5.74) is -0.235. The van der Waals surface area contributed by atoms with Gasteiger partial charge in [-0.15, -0.1) is 0 Å². The number of nitrogens with one attached hydrogen (secondary N) is 2. The largest absolute Gasteiger partial charge is 0.346 e. The lowest BCUT2D eigenvalue weighted by molar-refractivity contribution is 0.588. The Labute approximate surface area is 127 Å². The zero-order valence-electron chi connectivity index (χ0n) is 11.4. The van der Waals surface area contributed by atoms with E-state index in [0.29, 0.717) is 5.69 Å². The molecule has 1 aromatic heterocycles. The summed E-state index contributed by atoms with van der Waals surface area (Å²) in [7, 11) is -3.46.